The molecular weight excluding hydrogens is 250 g/mol. The van der Waals surface area contributed by atoms with Gasteiger partial charge >= 0.3 is 0 Å². The van der Waals surface area contributed by atoms with Gasteiger partial charge in [0.15, 0.2) is 0 Å². The Balaban J connectivity index is 1.91. The fraction of sp³-hybridized carbons (Fsp3) is 0.562. The second-order valence-corrected chi connectivity index (χ2v) is 5.65. The highest BCUT2D eigenvalue weighted by Crippen LogP contribution is 2.21. The van der Waals surface area contributed by atoms with E-state index in [9.17, 15) is 4.79 Å². The van der Waals surface area contributed by atoms with E-state index in [1.807, 2.05) is 24.3 Å². The number of amides is 1. The van der Waals surface area contributed by atoms with E-state index in [0.717, 1.165) is 12.5 Å². The van der Waals surface area contributed by atoms with Crippen molar-refractivity contribution in [3.05, 3.63) is 35.4 Å². The summed E-state index contributed by atoms with van der Waals surface area (Å²) < 4.78 is 0. The number of rotatable bonds is 4. The van der Waals surface area contributed by atoms with Crippen LogP contribution < -0.4 is 11.3 Å². The van der Waals surface area contributed by atoms with E-state index < -0.39 is 0 Å². The summed E-state index contributed by atoms with van der Waals surface area (Å²) >= 11 is 0. The molecule has 4 heteroatoms. The average molecular weight is 275 g/mol. The van der Waals surface area contributed by atoms with Crippen LogP contribution in [0.25, 0.3) is 0 Å². The molecule has 0 aromatic heterocycles. The lowest BCUT2D eigenvalue weighted by Crippen LogP contribution is -2.30. The van der Waals surface area contributed by atoms with Gasteiger partial charge in [-0.3, -0.25) is 15.1 Å². The minimum atomic E-state index is -0.239. The van der Waals surface area contributed by atoms with E-state index in [-0.39, 0.29) is 5.91 Å². The van der Waals surface area contributed by atoms with Crippen LogP contribution in [0.1, 0.15) is 48.5 Å². The van der Waals surface area contributed by atoms with Gasteiger partial charge in [0, 0.05) is 12.1 Å². The summed E-state index contributed by atoms with van der Waals surface area (Å²) in [6.07, 6.45) is 5.27. The van der Waals surface area contributed by atoms with Crippen LogP contribution in [0.2, 0.25) is 0 Å². The number of carbonyl (C=O) groups excluding carboxylic acids is 1. The zero-order chi connectivity index (χ0) is 14.4. The zero-order valence-corrected chi connectivity index (χ0v) is 12.3. The molecule has 1 atom stereocenters. The van der Waals surface area contributed by atoms with Crippen molar-refractivity contribution in [1.29, 1.82) is 0 Å². The van der Waals surface area contributed by atoms with Gasteiger partial charge in [0.1, 0.15) is 0 Å². The standard InChI is InChI=1S/C16H25N3O/c1-2-13-4-3-10-19(11-9-13)12-14-5-7-15(8-6-14)16(20)18-17/h5-8,13H,2-4,9-12,17H2,1H3,(H,18,20). The number of hydrogen-bond donors (Lipinski definition) is 2. The fourth-order valence-electron chi connectivity index (χ4n) is 2.89. The van der Waals surface area contributed by atoms with Crippen LogP contribution in [0, 0.1) is 5.92 Å². The van der Waals surface area contributed by atoms with Crippen molar-refractivity contribution >= 4 is 5.91 Å². The van der Waals surface area contributed by atoms with Gasteiger partial charge in [-0.15, -0.1) is 0 Å². The minimum Gasteiger partial charge on any atom is -0.299 e. The summed E-state index contributed by atoms with van der Waals surface area (Å²) in [5.41, 5.74) is 4.02. The fourth-order valence-corrected chi connectivity index (χ4v) is 2.89. The lowest BCUT2D eigenvalue weighted by Gasteiger charge is -2.20. The molecule has 1 unspecified atom stereocenters. The van der Waals surface area contributed by atoms with Gasteiger partial charge in [-0.05, 0) is 56.0 Å². The lowest BCUT2D eigenvalue weighted by atomic mass is 9.98. The first-order valence-electron chi connectivity index (χ1n) is 7.55. The summed E-state index contributed by atoms with van der Waals surface area (Å²) in [7, 11) is 0. The van der Waals surface area contributed by atoms with Crippen molar-refractivity contribution in [1.82, 2.24) is 10.3 Å². The molecule has 0 aliphatic carbocycles. The third kappa shape index (κ3) is 4.05. The molecule has 1 aromatic carbocycles. The molecule has 3 N–H and O–H groups in total. The van der Waals surface area contributed by atoms with Gasteiger partial charge < -0.3 is 0 Å². The first-order valence-corrected chi connectivity index (χ1v) is 7.55. The third-order valence-corrected chi connectivity index (χ3v) is 4.27. The minimum absolute atomic E-state index is 0.239. The maximum atomic E-state index is 11.4. The number of carbonyl (C=O) groups is 1. The number of nitrogen functional groups attached to an aromatic ring is 1. The molecule has 1 fully saturated rings. The lowest BCUT2D eigenvalue weighted by molar-refractivity contribution is 0.0953. The number of hydrazine groups is 1. The van der Waals surface area contributed by atoms with Crippen molar-refractivity contribution in [2.75, 3.05) is 13.1 Å². The van der Waals surface area contributed by atoms with Crippen LogP contribution in [0.4, 0.5) is 0 Å². The SMILES string of the molecule is CCC1CCCN(Cc2ccc(C(=O)NN)cc2)CC1. The smallest absolute Gasteiger partial charge is 0.265 e. The number of hydrogen-bond acceptors (Lipinski definition) is 3. The van der Waals surface area contributed by atoms with E-state index in [1.165, 1.54) is 44.3 Å². The molecule has 0 saturated carbocycles. The second kappa shape index (κ2) is 7.41. The van der Waals surface area contributed by atoms with Crippen molar-refractivity contribution in [3.8, 4) is 0 Å². The topological polar surface area (TPSA) is 58.4 Å². The Bertz CT molecular complexity index is 430. The van der Waals surface area contributed by atoms with Crippen LogP contribution >= 0.6 is 0 Å². The van der Waals surface area contributed by atoms with Crippen molar-refractivity contribution < 1.29 is 4.79 Å². The van der Waals surface area contributed by atoms with Gasteiger partial charge in [-0.2, -0.15) is 0 Å². The van der Waals surface area contributed by atoms with E-state index in [4.69, 9.17) is 5.84 Å². The Morgan fingerprint density at radius 3 is 2.70 bits per heavy atom. The number of nitrogens with zero attached hydrogens (tertiary/aromatic N) is 1. The summed E-state index contributed by atoms with van der Waals surface area (Å²) in [5, 5.41) is 0. The number of nitrogens with two attached hydrogens (primary N) is 1. The Hall–Kier alpha value is -1.39. The molecule has 20 heavy (non-hydrogen) atoms. The quantitative estimate of drug-likeness (QED) is 0.503. The molecule has 1 saturated heterocycles. The first-order chi connectivity index (χ1) is 9.72. The van der Waals surface area contributed by atoms with Crippen LogP contribution in [-0.2, 0) is 6.54 Å². The molecule has 2 rings (SSSR count). The molecule has 4 nitrogen and oxygen atoms in total. The molecule has 1 heterocycles. The molecule has 0 spiro atoms. The van der Waals surface area contributed by atoms with Gasteiger partial charge in [0.05, 0.1) is 0 Å². The Morgan fingerprint density at radius 2 is 2.05 bits per heavy atom. The second-order valence-electron chi connectivity index (χ2n) is 5.65. The highest BCUT2D eigenvalue weighted by atomic mass is 16.2. The van der Waals surface area contributed by atoms with Crippen LogP contribution in [0.3, 0.4) is 0 Å². The van der Waals surface area contributed by atoms with Gasteiger partial charge in [0.25, 0.3) is 5.91 Å². The molecule has 1 aliphatic rings. The Morgan fingerprint density at radius 1 is 1.30 bits per heavy atom. The maximum Gasteiger partial charge on any atom is 0.265 e. The third-order valence-electron chi connectivity index (χ3n) is 4.27. The molecule has 1 aliphatic heterocycles. The first kappa shape index (κ1) is 15.0. The average Bonchev–Trinajstić information content (AvgIpc) is 2.72. The van der Waals surface area contributed by atoms with Crippen molar-refractivity contribution in [2.45, 2.75) is 39.2 Å². The van der Waals surface area contributed by atoms with Crippen molar-refractivity contribution in [2.24, 2.45) is 11.8 Å². The van der Waals surface area contributed by atoms with Crippen molar-refractivity contribution in [3.63, 3.8) is 0 Å². The summed E-state index contributed by atoms with van der Waals surface area (Å²) in [4.78, 5) is 13.9. The summed E-state index contributed by atoms with van der Waals surface area (Å²) in [6.45, 7) is 5.63. The summed E-state index contributed by atoms with van der Waals surface area (Å²) in [5.74, 6) is 5.79. The summed E-state index contributed by atoms with van der Waals surface area (Å²) in [6, 6.07) is 7.72. The van der Waals surface area contributed by atoms with E-state index in [2.05, 4.69) is 17.2 Å². The van der Waals surface area contributed by atoms with Gasteiger partial charge in [0.2, 0.25) is 0 Å². The number of benzene rings is 1. The highest BCUT2D eigenvalue weighted by molar-refractivity contribution is 5.93. The largest absolute Gasteiger partial charge is 0.299 e. The molecule has 1 aromatic rings. The zero-order valence-electron chi connectivity index (χ0n) is 12.3. The van der Waals surface area contributed by atoms with E-state index in [0.29, 0.717) is 5.56 Å². The molecule has 1 amide bonds. The highest BCUT2D eigenvalue weighted by Gasteiger charge is 2.15. The normalized spacial score (nSPS) is 20.4. The van der Waals surface area contributed by atoms with Gasteiger partial charge in [-0.1, -0.05) is 25.5 Å². The predicted octanol–water partition coefficient (Wildman–Crippen LogP) is 2.30. The molecule has 0 bridgehead atoms. The monoisotopic (exact) mass is 275 g/mol. The predicted molar refractivity (Wildman–Crippen MR) is 81.0 cm³/mol. The van der Waals surface area contributed by atoms with Crippen LogP contribution in [-0.4, -0.2) is 23.9 Å². The van der Waals surface area contributed by atoms with E-state index in [1.54, 1.807) is 0 Å². The number of nitrogens with one attached hydrogen (secondary N) is 1. The molecule has 0 radical (unpaired) electrons. The van der Waals surface area contributed by atoms with Crippen LogP contribution in [0.5, 0.6) is 0 Å². The molecule has 110 valence electrons. The number of likely N-dealkylation sites (tertiary alicyclic amines) is 1. The maximum absolute atomic E-state index is 11.4. The van der Waals surface area contributed by atoms with Crippen LogP contribution in [0.15, 0.2) is 24.3 Å². The Kier molecular flexibility index (Phi) is 5.56. The van der Waals surface area contributed by atoms with Gasteiger partial charge in [-0.25, -0.2) is 5.84 Å². The van der Waals surface area contributed by atoms with E-state index >= 15 is 0 Å². The Labute approximate surface area is 121 Å². The molecular formula is C16H25N3O.